The molecular formula is C69H64Br4I2N14O18. The number of β-amino-alcohol motifs (C(OH)–C–C–N with tert-alkyl or cyclic N) is 3. The zero-order valence-electron chi connectivity index (χ0n) is 56.6. The van der Waals surface area contributed by atoms with Crippen molar-refractivity contribution in [3.63, 3.8) is 0 Å². The number of pyridine rings is 5. The Balaban J connectivity index is 0.000000172. The second-order valence-electron chi connectivity index (χ2n) is 23.2. The molecule has 0 unspecified atom stereocenters. The molecule has 560 valence electrons. The third kappa shape index (κ3) is 21.7. The van der Waals surface area contributed by atoms with Crippen LogP contribution in [0.2, 0.25) is 0 Å². The van der Waals surface area contributed by atoms with E-state index in [2.05, 4.69) is 178 Å². The molecule has 0 bridgehead atoms. The summed E-state index contributed by atoms with van der Waals surface area (Å²) in [5.41, 5.74) is -0.425. The first-order valence-corrected chi connectivity index (χ1v) is 36.7. The van der Waals surface area contributed by atoms with Crippen molar-refractivity contribution in [3.05, 3.63) is 163 Å². The van der Waals surface area contributed by atoms with E-state index in [-0.39, 0.29) is 104 Å². The number of urea groups is 2. The molecule has 32 nitrogen and oxygen atoms in total. The van der Waals surface area contributed by atoms with E-state index >= 15 is 0 Å². The Morgan fingerprint density at radius 2 is 1.07 bits per heavy atom. The van der Waals surface area contributed by atoms with E-state index in [1.54, 1.807) is 99.3 Å². The van der Waals surface area contributed by atoms with Crippen molar-refractivity contribution in [3.8, 4) is 58.7 Å². The van der Waals surface area contributed by atoms with Gasteiger partial charge in [-0.1, -0.05) is 36.1 Å². The minimum Gasteiger partial charge on any atom is -0.505 e. The summed E-state index contributed by atoms with van der Waals surface area (Å²) in [4.78, 5) is 133. The highest BCUT2D eigenvalue weighted by Gasteiger charge is 2.50. The maximum absolute atomic E-state index is 12.9. The molecule has 0 radical (unpaired) electrons. The van der Waals surface area contributed by atoms with E-state index in [1.807, 2.05) is 24.3 Å². The second kappa shape index (κ2) is 37.9. The van der Waals surface area contributed by atoms with Crippen molar-refractivity contribution in [1.82, 2.24) is 61.3 Å². The highest BCUT2D eigenvalue weighted by Crippen LogP contribution is 2.32. The molecule has 0 spiro atoms. The Labute approximate surface area is 671 Å². The molecule has 11 amide bonds. The van der Waals surface area contributed by atoms with Gasteiger partial charge < -0.3 is 70.2 Å². The zero-order valence-corrected chi connectivity index (χ0v) is 67.3. The summed E-state index contributed by atoms with van der Waals surface area (Å²) >= 11 is 16.8. The summed E-state index contributed by atoms with van der Waals surface area (Å²) in [5.74, 6) is 9.00. The van der Waals surface area contributed by atoms with Crippen molar-refractivity contribution >= 4 is 174 Å². The zero-order chi connectivity index (χ0) is 78.0. The van der Waals surface area contributed by atoms with Gasteiger partial charge in [-0.05, 0) is 205 Å². The molecule has 7 aliphatic rings. The number of carbonyl (C=O) groups excluding carboxylic acids is 9. The standard InChI is InChI=1S/C24H21N5O6.C15H13N3O4.C10H11BrN2O3.C6H5BrINO.C5H3BrINO.C5H4BrNO.C4H7NO2/c1-35-18-6-7-19(29-12-15(30)10-20(29)31)25-17(18)8-9-24(22(33)26-23(34)27-24)13-28-11-14-4-2-3-5-16(14)21(28)32;1-3-15(13(20)16-14(21)17-15)8-18-7-9-4-5-10(22-2)6-11(9)12(18)19;1-16-7-2-3-8(12-10(7)11)13-5-6(14)4-9(13)15;1-10-4-2-3-5(8)9-6(4)7;6-5-3(9)1-2-4(7)8-5;6-5-4(8)2-1-3-7-5;6-3-1-4(7)5-2-3/h2-7,15,30H,10-13H2,1H3,(H2,26,27,33,34);1,4-6H,7-8H2,2H3,(H2,16,17,20,21);2-3,6,14H,4-5H2,1H3;2-3H,1H3;1-2,9H;1-3,8H;3,6H,1-2H2,(H,5,7)/t15-,24+;15-;6-;;;;3-/m011...1/s1. The van der Waals surface area contributed by atoms with Crippen LogP contribution in [0.25, 0.3) is 0 Å². The van der Waals surface area contributed by atoms with Crippen LogP contribution >= 0.6 is 109 Å². The summed E-state index contributed by atoms with van der Waals surface area (Å²) in [7, 11) is 6.11. The van der Waals surface area contributed by atoms with Crippen LogP contribution in [0.5, 0.6) is 34.5 Å². The first-order chi connectivity index (χ1) is 50.9. The van der Waals surface area contributed by atoms with Crippen LogP contribution in [-0.2, 0) is 37.1 Å². The molecule has 10 N–H and O–H groups in total. The molecule has 5 aromatic heterocycles. The number of carbonyl (C=O) groups is 9. The van der Waals surface area contributed by atoms with Crippen LogP contribution in [0, 0.1) is 31.6 Å². The molecule has 5 saturated heterocycles. The van der Waals surface area contributed by atoms with Crippen molar-refractivity contribution in [2.45, 2.75) is 61.7 Å². The van der Waals surface area contributed by atoms with Crippen LogP contribution in [0.3, 0.4) is 0 Å². The maximum Gasteiger partial charge on any atom is 0.323 e. The van der Waals surface area contributed by atoms with Crippen molar-refractivity contribution in [1.29, 1.82) is 0 Å². The Bertz CT molecular complexity index is 4670. The number of ether oxygens (including phenoxy) is 4. The number of aromatic hydroxyl groups is 2. The Hall–Kier alpha value is -9.40. The number of terminal acetylenes is 1. The lowest BCUT2D eigenvalue weighted by Gasteiger charge is -2.26. The molecule has 5 atom stereocenters. The number of imide groups is 2. The number of halogens is 6. The van der Waals surface area contributed by atoms with E-state index in [9.17, 15) is 53.4 Å². The van der Waals surface area contributed by atoms with Gasteiger partial charge in [0.05, 0.1) is 92.2 Å². The lowest BCUT2D eigenvalue weighted by atomic mass is 9.99. The van der Waals surface area contributed by atoms with Gasteiger partial charge in [0.2, 0.25) is 23.3 Å². The molecule has 0 saturated carbocycles. The SMILES string of the molecule is C#C[C@]1(CN2Cc3ccc(OC)cc3C2=O)NC(=O)NC1=O.COc1ccc(I)nc1Br.COc1ccc(N2C[C@@H](O)CC2=O)nc1C#C[C@]1(CN2Cc3ccccc3C2=O)NC(=O)NC1=O.COc1ccc(N2C[C@H](O)CC2=O)nc1Br.O=C1C[C@@H](O)CN1.Oc1ccc(I)nc1Br.Oc1cccnc1Br. The van der Waals surface area contributed by atoms with Crippen molar-refractivity contribution in [2.24, 2.45) is 0 Å². The van der Waals surface area contributed by atoms with Gasteiger partial charge >= 0.3 is 12.1 Å². The Kier molecular flexibility index (Phi) is 29.5. The Morgan fingerprint density at radius 3 is 1.52 bits per heavy atom. The number of rotatable bonds is 10. The normalized spacial score (nSPS) is 19.7. The van der Waals surface area contributed by atoms with Crippen LogP contribution in [0.1, 0.15) is 56.8 Å². The number of amides is 11. The minimum absolute atomic E-state index is 0.00368. The van der Waals surface area contributed by atoms with E-state index in [0.29, 0.717) is 61.9 Å². The number of anilines is 2. The number of nitrogens with zero attached hydrogens (tertiary/aromatic N) is 9. The van der Waals surface area contributed by atoms with Gasteiger partial charge in [0.1, 0.15) is 54.7 Å². The predicted molar refractivity (Wildman–Crippen MR) is 413 cm³/mol. The third-order valence-corrected chi connectivity index (χ3v) is 19.3. The number of benzene rings is 2. The van der Waals surface area contributed by atoms with Gasteiger partial charge in [0.15, 0.2) is 28.5 Å². The number of nitrogens with one attached hydrogen (secondary N) is 5. The van der Waals surface area contributed by atoms with Gasteiger partial charge in [-0.15, -0.1) is 6.42 Å². The summed E-state index contributed by atoms with van der Waals surface area (Å²) in [6.07, 6.45) is 5.62. The second-order valence-corrected chi connectivity index (χ2v) is 28.4. The molecule has 14 rings (SSSR count). The van der Waals surface area contributed by atoms with E-state index in [0.717, 1.165) is 28.9 Å². The topological polar surface area (TPSA) is 429 Å². The number of aliphatic hydroxyl groups excluding tert-OH is 3. The molecule has 0 aliphatic carbocycles. The van der Waals surface area contributed by atoms with E-state index in [4.69, 9.17) is 40.7 Å². The minimum atomic E-state index is -1.71. The number of hydrogen-bond acceptors (Lipinski definition) is 23. The van der Waals surface area contributed by atoms with Crippen LogP contribution in [0.15, 0.2) is 128 Å². The lowest BCUT2D eigenvalue weighted by Crippen LogP contribution is -2.54. The van der Waals surface area contributed by atoms with Gasteiger partial charge in [-0.2, -0.15) is 0 Å². The quantitative estimate of drug-likeness (QED) is 0.0344. The number of aliphatic hydroxyl groups is 3. The Morgan fingerprint density at radius 1 is 0.561 bits per heavy atom. The molecule has 38 heteroatoms. The summed E-state index contributed by atoms with van der Waals surface area (Å²) in [6, 6.07) is 27.8. The number of aromatic nitrogens is 5. The highest BCUT2D eigenvalue weighted by molar-refractivity contribution is 14.1. The molecule has 2 aromatic carbocycles. The number of hydrogen-bond donors (Lipinski definition) is 10. The lowest BCUT2D eigenvalue weighted by molar-refractivity contribution is -0.123. The average molecular weight is 1950 g/mol. The maximum atomic E-state index is 12.9. The van der Waals surface area contributed by atoms with Gasteiger partial charge in [0, 0.05) is 37.0 Å². The van der Waals surface area contributed by atoms with E-state index in [1.165, 1.54) is 33.8 Å². The average Bonchev–Trinajstić information content (AvgIpc) is 1.63. The van der Waals surface area contributed by atoms with Crippen molar-refractivity contribution in [2.75, 3.05) is 71.0 Å². The van der Waals surface area contributed by atoms with Crippen LogP contribution in [0.4, 0.5) is 21.2 Å². The first kappa shape index (κ1) is 83.2. The summed E-state index contributed by atoms with van der Waals surface area (Å²) in [5, 5.41) is 57.3. The fraction of sp³-hybridized carbons (Fsp3) is 0.275. The molecule has 12 heterocycles. The molecular weight excluding hydrogens is 1890 g/mol. The van der Waals surface area contributed by atoms with Crippen LogP contribution in [-0.4, -0.2) is 204 Å². The number of fused-ring (bicyclic) bond motifs is 2. The molecule has 107 heavy (non-hydrogen) atoms. The monoisotopic (exact) mass is 1950 g/mol. The summed E-state index contributed by atoms with van der Waals surface area (Å²) < 4.78 is 24.6. The number of methoxy groups -OCH3 is 4. The largest absolute Gasteiger partial charge is 0.505 e. The van der Waals surface area contributed by atoms with Gasteiger partial charge in [0.25, 0.3) is 23.6 Å². The van der Waals surface area contributed by atoms with Crippen LogP contribution < -0.4 is 55.3 Å². The molecule has 7 aromatic rings. The summed E-state index contributed by atoms with van der Waals surface area (Å²) in [6.45, 7) is 1.16. The fourth-order valence-corrected chi connectivity index (χ4v) is 13.6. The predicted octanol–water partition coefficient (Wildman–Crippen LogP) is 5.61. The van der Waals surface area contributed by atoms with E-state index < -0.39 is 53.3 Å². The molecule has 5 fully saturated rings. The highest BCUT2D eigenvalue weighted by atomic mass is 127. The first-order valence-electron chi connectivity index (χ1n) is 31.4. The van der Waals surface area contributed by atoms with Gasteiger partial charge in [-0.3, -0.25) is 54.0 Å². The molecule has 7 aliphatic heterocycles. The van der Waals surface area contributed by atoms with Gasteiger partial charge in [-0.25, -0.2) is 34.5 Å². The third-order valence-electron chi connectivity index (χ3n) is 15.8. The fourth-order valence-electron chi connectivity index (χ4n) is 10.6. The van der Waals surface area contributed by atoms with Crippen molar-refractivity contribution < 1.29 is 87.6 Å². The smallest absolute Gasteiger partial charge is 0.323 e.